The highest BCUT2D eigenvalue weighted by atomic mass is 16.4. The lowest BCUT2D eigenvalue weighted by molar-refractivity contribution is 0.161. The molecule has 0 unspecified atom stereocenters. The van der Waals surface area contributed by atoms with Gasteiger partial charge < -0.3 is 10.4 Å². The molecule has 0 fully saturated rings. The van der Waals surface area contributed by atoms with Gasteiger partial charge >= 0.3 is 12.1 Å². The number of imide groups is 1. The van der Waals surface area contributed by atoms with Crippen LogP contribution in [0.5, 0.6) is 0 Å². The SMILES string of the molecule is CN(C(=O)O)C(=O)Nc1ccccc1. The third-order valence-corrected chi connectivity index (χ3v) is 1.62. The summed E-state index contributed by atoms with van der Waals surface area (Å²) in [5.41, 5.74) is 0.561. The third kappa shape index (κ3) is 2.48. The first-order chi connectivity index (χ1) is 6.61. The Morgan fingerprint density at radius 1 is 1.29 bits per heavy atom. The van der Waals surface area contributed by atoms with E-state index in [0.29, 0.717) is 10.6 Å². The van der Waals surface area contributed by atoms with Crippen LogP contribution in [0.3, 0.4) is 0 Å². The third-order valence-electron chi connectivity index (χ3n) is 1.62. The average Bonchev–Trinajstić information content (AvgIpc) is 2.18. The first-order valence-corrected chi connectivity index (χ1v) is 3.94. The molecule has 0 bridgehead atoms. The largest absolute Gasteiger partial charge is 0.465 e. The number of benzene rings is 1. The molecule has 0 saturated heterocycles. The van der Waals surface area contributed by atoms with E-state index in [0.717, 1.165) is 0 Å². The van der Waals surface area contributed by atoms with Crippen LogP contribution >= 0.6 is 0 Å². The number of rotatable bonds is 1. The molecule has 74 valence electrons. The van der Waals surface area contributed by atoms with Gasteiger partial charge in [-0.25, -0.2) is 14.5 Å². The van der Waals surface area contributed by atoms with E-state index in [4.69, 9.17) is 5.11 Å². The van der Waals surface area contributed by atoms with Gasteiger partial charge in [-0.15, -0.1) is 0 Å². The Kier molecular flexibility index (Phi) is 3.06. The number of para-hydroxylation sites is 1. The molecule has 1 aromatic carbocycles. The monoisotopic (exact) mass is 194 g/mol. The molecular weight excluding hydrogens is 184 g/mol. The number of hydrogen-bond donors (Lipinski definition) is 2. The van der Waals surface area contributed by atoms with Crippen LogP contribution in [0.2, 0.25) is 0 Å². The lowest BCUT2D eigenvalue weighted by Gasteiger charge is -2.11. The topological polar surface area (TPSA) is 69.6 Å². The van der Waals surface area contributed by atoms with Crippen molar-refractivity contribution in [1.29, 1.82) is 0 Å². The zero-order chi connectivity index (χ0) is 10.6. The number of carbonyl (C=O) groups is 2. The van der Waals surface area contributed by atoms with Gasteiger partial charge in [0.1, 0.15) is 0 Å². The van der Waals surface area contributed by atoms with Crippen LogP contribution in [0, 0.1) is 0 Å². The van der Waals surface area contributed by atoms with Gasteiger partial charge in [0.2, 0.25) is 0 Å². The van der Waals surface area contributed by atoms with Crippen molar-refractivity contribution in [1.82, 2.24) is 4.90 Å². The fourth-order valence-electron chi connectivity index (χ4n) is 0.816. The predicted octanol–water partition coefficient (Wildman–Crippen LogP) is 1.83. The number of anilines is 1. The van der Waals surface area contributed by atoms with Gasteiger partial charge in [-0.1, -0.05) is 18.2 Å². The first kappa shape index (κ1) is 10.0. The Morgan fingerprint density at radius 2 is 1.86 bits per heavy atom. The summed E-state index contributed by atoms with van der Waals surface area (Å²) in [7, 11) is 1.18. The predicted molar refractivity (Wildman–Crippen MR) is 51.2 cm³/mol. The van der Waals surface area contributed by atoms with Crippen LogP contribution in [-0.2, 0) is 0 Å². The van der Waals surface area contributed by atoms with Gasteiger partial charge in [0.15, 0.2) is 0 Å². The van der Waals surface area contributed by atoms with Crippen LogP contribution in [0.4, 0.5) is 15.3 Å². The van der Waals surface area contributed by atoms with E-state index < -0.39 is 12.1 Å². The fourth-order valence-corrected chi connectivity index (χ4v) is 0.816. The van der Waals surface area contributed by atoms with Crippen LogP contribution in [0.1, 0.15) is 0 Å². The average molecular weight is 194 g/mol. The summed E-state index contributed by atoms with van der Waals surface area (Å²) in [6.07, 6.45) is -1.29. The van der Waals surface area contributed by atoms with Crippen LogP contribution in [0.15, 0.2) is 30.3 Å². The molecule has 14 heavy (non-hydrogen) atoms. The minimum atomic E-state index is -1.29. The number of nitrogens with zero attached hydrogens (tertiary/aromatic N) is 1. The Balaban J connectivity index is 2.62. The van der Waals surface area contributed by atoms with E-state index in [-0.39, 0.29) is 0 Å². The Morgan fingerprint density at radius 3 is 2.36 bits per heavy atom. The van der Waals surface area contributed by atoms with Crippen molar-refractivity contribution >= 4 is 17.8 Å². The smallest absolute Gasteiger partial charge is 0.415 e. The standard InChI is InChI=1S/C9H10N2O3/c1-11(9(13)14)8(12)10-7-5-3-2-4-6-7/h2-6H,1H3,(H,10,12)(H,13,14). The van der Waals surface area contributed by atoms with Gasteiger partial charge in [0.25, 0.3) is 0 Å². The van der Waals surface area contributed by atoms with E-state index in [1.54, 1.807) is 30.3 Å². The minimum absolute atomic E-state index is 0.561. The molecule has 1 aromatic rings. The first-order valence-electron chi connectivity index (χ1n) is 3.94. The molecular formula is C9H10N2O3. The van der Waals surface area contributed by atoms with Crippen molar-refractivity contribution in [2.24, 2.45) is 0 Å². The number of carboxylic acid groups (broad SMARTS) is 1. The zero-order valence-electron chi connectivity index (χ0n) is 7.60. The lowest BCUT2D eigenvalue weighted by Crippen LogP contribution is -2.35. The molecule has 0 radical (unpaired) electrons. The summed E-state index contributed by atoms with van der Waals surface area (Å²) in [6.45, 7) is 0. The number of carbonyl (C=O) groups excluding carboxylic acids is 1. The highest BCUT2D eigenvalue weighted by molar-refractivity contribution is 5.98. The van der Waals surface area contributed by atoms with Crippen LogP contribution in [-0.4, -0.2) is 29.2 Å². The van der Waals surface area contributed by atoms with Gasteiger partial charge in [-0.2, -0.15) is 0 Å². The van der Waals surface area contributed by atoms with E-state index in [2.05, 4.69) is 5.32 Å². The van der Waals surface area contributed by atoms with Gasteiger partial charge in [0.05, 0.1) is 0 Å². The van der Waals surface area contributed by atoms with Gasteiger partial charge in [-0.05, 0) is 12.1 Å². The maximum atomic E-state index is 11.2. The van der Waals surface area contributed by atoms with Crippen LogP contribution in [0.25, 0.3) is 0 Å². The Labute approximate surface area is 81.0 Å². The molecule has 0 heterocycles. The quantitative estimate of drug-likeness (QED) is 0.716. The van der Waals surface area contributed by atoms with E-state index in [1.807, 2.05) is 0 Å². The molecule has 3 amide bonds. The van der Waals surface area contributed by atoms with Crippen molar-refractivity contribution in [2.45, 2.75) is 0 Å². The number of hydrogen-bond acceptors (Lipinski definition) is 2. The van der Waals surface area contributed by atoms with E-state index in [1.165, 1.54) is 7.05 Å². The van der Waals surface area contributed by atoms with Crippen molar-refractivity contribution < 1.29 is 14.7 Å². The highest BCUT2D eigenvalue weighted by Gasteiger charge is 2.14. The molecule has 0 aliphatic heterocycles. The molecule has 0 aliphatic rings. The maximum absolute atomic E-state index is 11.2. The molecule has 0 aliphatic carbocycles. The summed E-state index contributed by atoms with van der Waals surface area (Å²) in [5, 5.41) is 10.9. The molecule has 2 N–H and O–H groups in total. The van der Waals surface area contributed by atoms with Crippen molar-refractivity contribution in [3.63, 3.8) is 0 Å². The second kappa shape index (κ2) is 4.27. The highest BCUT2D eigenvalue weighted by Crippen LogP contribution is 2.05. The Hall–Kier alpha value is -2.04. The number of amides is 3. The second-order valence-electron chi connectivity index (χ2n) is 2.64. The molecule has 0 atom stereocenters. The fraction of sp³-hybridized carbons (Fsp3) is 0.111. The second-order valence-corrected chi connectivity index (χ2v) is 2.64. The van der Waals surface area contributed by atoms with Crippen molar-refractivity contribution in [3.8, 4) is 0 Å². The maximum Gasteiger partial charge on any atom is 0.415 e. The normalized spacial score (nSPS) is 9.21. The molecule has 0 aromatic heterocycles. The molecule has 0 spiro atoms. The summed E-state index contributed by atoms with van der Waals surface area (Å²) >= 11 is 0. The Bertz CT molecular complexity index is 337. The summed E-state index contributed by atoms with van der Waals surface area (Å²) in [5.74, 6) is 0. The van der Waals surface area contributed by atoms with E-state index >= 15 is 0 Å². The zero-order valence-corrected chi connectivity index (χ0v) is 7.60. The van der Waals surface area contributed by atoms with Gasteiger partial charge in [-0.3, -0.25) is 0 Å². The van der Waals surface area contributed by atoms with Crippen molar-refractivity contribution in [3.05, 3.63) is 30.3 Å². The minimum Gasteiger partial charge on any atom is -0.465 e. The molecule has 5 nitrogen and oxygen atoms in total. The summed E-state index contributed by atoms with van der Waals surface area (Å²) in [6, 6.07) is 7.97. The molecule has 1 rings (SSSR count). The van der Waals surface area contributed by atoms with Gasteiger partial charge in [0, 0.05) is 12.7 Å². The number of urea groups is 1. The molecule has 5 heteroatoms. The summed E-state index contributed by atoms with van der Waals surface area (Å²) in [4.78, 5) is 22.2. The lowest BCUT2D eigenvalue weighted by atomic mass is 10.3. The molecule has 0 saturated carbocycles. The van der Waals surface area contributed by atoms with Crippen molar-refractivity contribution in [2.75, 3.05) is 12.4 Å². The summed E-state index contributed by atoms with van der Waals surface area (Å²) < 4.78 is 0. The number of nitrogens with one attached hydrogen (secondary N) is 1. The van der Waals surface area contributed by atoms with E-state index in [9.17, 15) is 9.59 Å². The van der Waals surface area contributed by atoms with Crippen LogP contribution < -0.4 is 5.32 Å².